The van der Waals surface area contributed by atoms with Crippen molar-refractivity contribution in [2.75, 3.05) is 13.4 Å². The number of hydrogen-bond donors (Lipinski definition) is 1. The molecule has 2 rings (SSSR count). The van der Waals surface area contributed by atoms with Crippen LogP contribution < -0.4 is 9.47 Å². The molecule has 0 aliphatic carbocycles. The summed E-state index contributed by atoms with van der Waals surface area (Å²) in [6.07, 6.45) is 1.60. The molecule has 1 aromatic rings. The van der Waals surface area contributed by atoms with E-state index in [0.29, 0.717) is 6.79 Å². The zero-order chi connectivity index (χ0) is 9.97. The molecule has 3 nitrogen and oxygen atoms in total. The van der Waals surface area contributed by atoms with Crippen molar-refractivity contribution in [3.63, 3.8) is 0 Å². The smallest absolute Gasteiger partial charge is 0.231 e. The van der Waals surface area contributed by atoms with E-state index in [1.807, 2.05) is 13.0 Å². The fourth-order valence-electron chi connectivity index (χ4n) is 1.69. The third-order valence-electron chi connectivity index (χ3n) is 2.30. The van der Waals surface area contributed by atoms with Crippen LogP contribution in [0.4, 0.5) is 0 Å². The zero-order valence-electron chi connectivity index (χ0n) is 8.25. The Labute approximate surface area is 83.3 Å². The molecule has 1 N–H and O–H groups in total. The summed E-state index contributed by atoms with van der Waals surface area (Å²) in [4.78, 5) is 0. The number of benzene rings is 1. The molecule has 1 heterocycles. The minimum Gasteiger partial charge on any atom is -0.454 e. The Morgan fingerprint density at radius 2 is 2.21 bits per heavy atom. The Hall–Kier alpha value is -1.22. The largest absolute Gasteiger partial charge is 0.454 e. The van der Waals surface area contributed by atoms with Gasteiger partial charge in [-0.15, -0.1) is 0 Å². The van der Waals surface area contributed by atoms with Crippen molar-refractivity contribution < 1.29 is 14.6 Å². The van der Waals surface area contributed by atoms with Crippen LogP contribution in [0.15, 0.2) is 12.1 Å². The molecular weight excluding hydrogens is 180 g/mol. The van der Waals surface area contributed by atoms with Gasteiger partial charge in [0.05, 0.1) is 0 Å². The van der Waals surface area contributed by atoms with Gasteiger partial charge in [0.15, 0.2) is 11.5 Å². The highest BCUT2D eigenvalue weighted by atomic mass is 16.7. The summed E-state index contributed by atoms with van der Waals surface area (Å²) in [5.74, 6) is 1.68. The summed E-state index contributed by atoms with van der Waals surface area (Å²) in [6.45, 7) is 2.55. The first-order valence-electron chi connectivity index (χ1n) is 4.81. The Bertz CT molecular complexity index is 334. The maximum atomic E-state index is 8.77. The Morgan fingerprint density at radius 3 is 3.00 bits per heavy atom. The fraction of sp³-hybridized carbons (Fsp3) is 0.455. The highest BCUT2D eigenvalue weighted by molar-refractivity contribution is 5.50. The predicted molar refractivity (Wildman–Crippen MR) is 52.7 cm³/mol. The van der Waals surface area contributed by atoms with E-state index >= 15 is 0 Å². The number of ether oxygens (including phenoxy) is 2. The van der Waals surface area contributed by atoms with Crippen molar-refractivity contribution in [3.8, 4) is 11.5 Å². The molecule has 0 bridgehead atoms. The van der Waals surface area contributed by atoms with E-state index in [2.05, 4.69) is 6.07 Å². The lowest BCUT2D eigenvalue weighted by Gasteiger charge is -2.06. The van der Waals surface area contributed by atoms with Crippen molar-refractivity contribution in [1.82, 2.24) is 0 Å². The Morgan fingerprint density at radius 1 is 1.36 bits per heavy atom. The molecule has 0 fully saturated rings. The minimum absolute atomic E-state index is 0.212. The first-order chi connectivity index (χ1) is 6.81. The van der Waals surface area contributed by atoms with E-state index in [1.54, 1.807) is 0 Å². The van der Waals surface area contributed by atoms with Crippen LogP contribution in [0, 0.1) is 6.92 Å². The lowest BCUT2D eigenvalue weighted by Crippen LogP contribution is -1.95. The Kier molecular flexibility index (Phi) is 2.59. The monoisotopic (exact) mass is 194 g/mol. The molecule has 0 saturated heterocycles. The highest BCUT2D eigenvalue weighted by Gasteiger charge is 2.17. The molecular formula is C11H14O3. The normalized spacial score (nSPS) is 13.3. The molecule has 0 radical (unpaired) electrons. The molecule has 3 heteroatoms. The summed E-state index contributed by atoms with van der Waals surface area (Å²) in [7, 11) is 0. The topological polar surface area (TPSA) is 38.7 Å². The van der Waals surface area contributed by atoms with E-state index < -0.39 is 0 Å². The molecule has 0 spiro atoms. The molecule has 14 heavy (non-hydrogen) atoms. The number of aliphatic hydroxyl groups excluding tert-OH is 1. The molecule has 0 amide bonds. The van der Waals surface area contributed by atoms with Crippen molar-refractivity contribution in [3.05, 3.63) is 23.3 Å². The van der Waals surface area contributed by atoms with E-state index in [9.17, 15) is 0 Å². The van der Waals surface area contributed by atoms with Crippen LogP contribution in [0.1, 0.15) is 17.5 Å². The molecule has 0 aromatic heterocycles. The van der Waals surface area contributed by atoms with E-state index in [4.69, 9.17) is 14.6 Å². The van der Waals surface area contributed by atoms with Gasteiger partial charge >= 0.3 is 0 Å². The quantitative estimate of drug-likeness (QED) is 0.795. The number of fused-ring (bicyclic) bond motifs is 1. The van der Waals surface area contributed by atoms with Gasteiger partial charge in [0.2, 0.25) is 6.79 Å². The second-order valence-corrected chi connectivity index (χ2v) is 3.48. The first-order valence-corrected chi connectivity index (χ1v) is 4.81. The molecule has 0 unspecified atom stereocenters. The van der Waals surface area contributed by atoms with Crippen molar-refractivity contribution >= 4 is 0 Å². The van der Waals surface area contributed by atoms with Gasteiger partial charge in [-0.2, -0.15) is 0 Å². The van der Waals surface area contributed by atoms with Gasteiger partial charge < -0.3 is 14.6 Å². The predicted octanol–water partition coefficient (Wildman–Crippen LogP) is 1.65. The van der Waals surface area contributed by atoms with Gasteiger partial charge in [0, 0.05) is 6.61 Å². The van der Waals surface area contributed by atoms with E-state index in [-0.39, 0.29) is 6.61 Å². The van der Waals surface area contributed by atoms with Crippen LogP contribution in [0.2, 0.25) is 0 Å². The number of aryl methyl sites for hydroxylation is 2. The standard InChI is InChI=1S/C11H14O3/c1-8-5-9(3-2-4-12)11-10(6-8)13-7-14-11/h5-6,12H,2-4,7H2,1H3. The van der Waals surface area contributed by atoms with Crippen LogP contribution in [-0.2, 0) is 6.42 Å². The van der Waals surface area contributed by atoms with Gasteiger partial charge in [0.1, 0.15) is 0 Å². The molecule has 1 aromatic carbocycles. The lowest BCUT2D eigenvalue weighted by molar-refractivity contribution is 0.173. The van der Waals surface area contributed by atoms with E-state index in [0.717, 1.165) is 29.9 Å². The van der Waals surface area contributed by atoms with Crippen molar-refractivity contribution in [2.24, 2.45) is 0 Å². The average Bonchev–Trinajstić information content (AvgIpc) is 2.61. The van der Waals surface area contributed by atoms with E-state index in [1.165, 1.54) is 5.56 Å². The zero-order valence-corrected chi connectivity index (χ0v) is 8.25. The first kappa shape index (κ1) is 9.34. The van der Waals surface area contributed by atoms with Gasteiger partial charge in [-0.1, -0.05) is 6.07 Å². The number of rotatable bonds is 3. The second-order valence-electron chi connectivity index (χ2n) is 3.48. The van der Waals surface area contributed by atoms with Gasteiger partial charge in [-0.25, -0.2) is 0 Å². The maximum absolute atomic E-state index is 8.77. The summed E-state index contributed by atoms with van der Waals surface area (Å²) < 4.78 is 10.7. The van der Waals surface area contributed by atoms with Crippen molar-refractivity contribution in [2.45, 2.75) is 19.8 Å². The summed E-state index contributed by atoms with van der Waals surface area (Å²) >= 11 is 0. The Balaban J connectivity index is 2.29. The third kappa shape index (κ3) is 1.68. The maximum Gasteiger partial charge on any atom is 0.231 e. The summed E-state index contributed by atoms with van der Waals surface area (Å²) in [5.41, 5.74) is 2.30. The number of hydrogen-bond acceptors (Lipinski definition) is 3. The molecule has 1 aliphatic heterocycles. The molecule has 0 saturated carbocycles. The lowest BCUT2D eigenvalue weighted by atomic mass is 10.1. The van der Waals surface area contributed by atoms with Crippen LogP contribution >= 0.6 is 0 Å². The average molecular weight is 194 g/mol. The fourth-order valence-corrected chi connectivity index (χ4v) is 1.69. The third-order valence-corrected chi connectivity index (χ3v) is 2.30. The highest BCUT2D eigenvalue weighted by Crippen LogP contribution is 2.37. The molecule has 76 valence electrons. The van der Waals surface area contributed by atoms with Gasteiger partial charge in [-0.3, -0.25) is 0 Å². The van der Waals surface area contributed by atoms with Crippen LogP contribution in [0.5, 0.6) is 11.5 Å². The summed E-state index contributed by atoms with van der Waals surface area (Å²) in [5, 5.41) is 8.77. The molecule has 1 aliphatic rings. The van der Waals surface area contributed by atoms with Crippen LogP contribution in [0.3, 0.4) is 0 Å². The number of aliphatic hydroxyl groups is 1. The second kappa shape index (κ2) is 3.88. The van der Waals surface area contributed by atoms with Crippen molar-refractivity contribution in [1.29, 1.82) is 0 Å². The van der Waals surface area contributed by atoms with Gasteiger partial charge in [0.25, 0.3) is 0 Å². The SMILES string of the molecule is Cc1cc(CCCO)c2c(c1)OCO2. The van der Waals surface area contributed by atoms with Gasteiger partial charge in [-0.05, 0) is 37.0 Å². The molecule has 0 atom stereocenters. The van der Waals surface area contributed by atoms with Crippen LogP contribution in [-0.4, -0.2) is 18.5 Å². The summed E-state index contributed by atoms with van der Waals surface area (Å²) in [6, 6.07) is 4.06. The minimum atomic E-state index is 0.212. The van der Waals surface area contributed by atoms with Crippen LogP contribution in [0.25, 0.3) is 0 Å².